The number of nitrogens with one attached hydrogen (secondary N) is 1. The van der Waals surface area contributed by atoms with Crippen molar-refractivity contribution < 1.29 is 23.8 Å². The molecular weight excluding hydrogens is 517 g/mol. The quantitative estimate of drug-likeness (QED) is 0.277. The number of fused-ring (bicyclic) bond motifs is 1. The van der Waals surface area contributed by atoms with Crippen molar-refractivity contribution in [2.75, 3.05) is 18.2 Å². The van der Waals surface area contributed by atoms with Crippen LogP contribution in [0.25, 0.3) is 0 Å². The van der Waals surface area contributed by atoms with Gasteiger partial charge in [0.05, 0.1) is 28.6 Å². The predicted octanol–water partition coefficient (Wildman–Crippen LogP) is 6.54. The van der Waals surface area contributed by atoms with Crippen molar-refractivity contribution in [1.29, 1.82) is 0 Å². The zero-order valence-electron chi connectivity index (χ0n) is 22.0. The van der Waals surface area contributed by atoms with Gasteiger partial charge in [-0.05, 0) is 68.5 Å². The number of ether oxygens (including phenoxy) is 1. The number of carbonyl (C=O) groups excluding carboxylic acids is 1. The number of carboxylic acid groups (broad SMARTS) is 1. The standard InChI is InChI=1S/C30H32FN3O4S/c1-18-12-22(31)13-26(32-18)28(35)33-24-15-27-25(14-23(24)30(36)37)34-29(39(27)2)21-10-8-20(9-11-21)17-38-16-19-6-4-3-5-7-19/h3-7,12-15,20-21,39H,8-11,16-17H2,1-2H3,(H,33,35)(H,36,37). The lowest BCUT2D eigenvalue weighted by atomic mass is 9.83. The summed E-state index contributed by atoms with van der Waals surface area (Å²) < 4.78 is 19.8. The van der Waals surface area contributed by atoms with Crippen molar-refractivity contribution in [2.45, 2.75) is 44.1 Å². The van der Waals surface area contributed by atoms with E-state index in [2.05, 4.69) is 28.7 Å². The number of aryl methyl sites for hydroxylation is 1. The molecule has 1 aliphatic carbocycles. The maximum Gasteiger partial charge on any atom is 0.337 e. The molecule has 0 saturated heterocycles. The molecule has 7 nitrogen and oxygen atoms in total. The highest BCUT2D eigenvalue weighted by Gasteiger charge is 2.32. The number of aliphatic imine (C=N–C) groups is 1. The number of amides is 1. The number of carbonyl (C=O) groups is 2. The van der Waals surface area contributed by atoms with Crippen molar-refractivity contribution in [3.8, 4) is 0 Å². The van der Waals surface area contributed by atoms with Gasteiger partial charge in [0, 0.05) is 29.2 Å². The molecule has 2 aromatic carbocycles. The highest BCUT2D eigenvalue weighted by atomic mass is 32.2. The fourth-order valence-corrected chi connectivity index (χ4v) is 7.43. The third-order valence-corrected chi connectivity index (χ3v) is 9.59. The number of halogens is 1. The molecular formula is C30H32FN3O4S. The Hall–Kier alpha value is -3.56. The van der Waals surface area contributed by atoms with Crippen molar-refractivity contribution >= 4 is 39.2 Å². The number of aromatic nitrogens is 1. The molecule has 1 aromatic heterocycles. The minimum atomic E-state index is -1.17. The highest BCUT2D eigenvalue weighted by Crippen LogP contribution is 2.53. The lowest BCUT2D eigenvalue weighted by Gasteiger charge is -2.30. The summed E-state index contributed by atoms with van der Waals surface area (Å²) in [5.74, 6) is -1.53. The van der Waals surface area contributed by atoms with E-state index in [1.54, 1.807) is 13.0 Å². The predicted molar refractivity (Wildman–Crippen MR) is 152 cm³/mol. The average molecular weight is 550 g/mol. The van der Waals surface area contributed by atoms with Crippen LogP contribution in [0.5, 0.6) is 0 Å². The minimum absolute atomic E-state index is 0.0529. The molecule has 204 valence electrons. The van der Waals surface area contributed by atoms with Gasteiger partial charge in [-0.1, -0.05) is 30.3 Å². The van der Waals surface area contributed by atoms with Crippen molar-refractivity contribution in [3.05, 3.63) is 82.9 Å². The van der Waals surface area contributed by atoms with E-state index in [1.807, 2.05) is 18.2 Å². The third-order valence-electron chi connectivity index (χ3n) is 7.36. The summed E-state index contributed by atoms with van der Waals surface area (Å²) in [6.45, 7) is 2.97. The second-order valence-corrected chi connectivity index (χ2v) is 12.3. The summed E-state index contributed by atoms with van der Waals surface area (Å²) in [5.41, 5.74) is 2.20. The van der Waals surface area contributed by atoms with Crippen LogP contribution in [-0.4, -0.2) is 39.9 Å². The first-order valence-corrected chi connectivity index (χ1v) is 14.9. The Morgan fingerprint density at radius 2 is 1.85 bits per heavy atom. The number of pyridine rings is 1. The first-order valence-electron chi connectivity index (χ1n) is 13.1. The Labute approximate surface area is 229 Å². The number of benzene rings is 2. The monoisotopic (exact) mass is 549 g/mol. The summed E-state index contributed by atoms with van der Waals surface area (Å²) >= 11 is 0. The largest absolute Gasteiger partial charge is 0.478 e. The number of nitrogens with zero attached hydrogens (tertiary/aromatic N) is 2. The van der Waals surface area contributed by atoms with Crippen molar-refractivity contribution in [3.63, 3.8) is 0 Å². The Morgan fingerprint density at radius 1 is 1.10 bits per heavy atom. The van der Waals surface area contributed by atoms with Crippen LogP contribution >= 0.6 is 10.9 Å². The molecule has 0 radical (unpaired) electrons. The molecule has 1 amide bonds. The molecule has 2 heterocycles. The van der Waals surface area contributed by atoms with Crippen LogP contribution in [0, 0.1) is 24.6 Å². The number of aromatic carboxylic acids is 1. The average Bonchev–Trinajstić information content (AvgIpc) is 3.24. The van der Waals surface area contributed by atoms with Crippen LogP contribution in [0.1, 0.15) is 57.8 Å². The second-order valence-electron chi connectivity index (χ2n) is 10.2. The molecule has 1 fully saturated rings. The van der Waals surface area contributed by atoms with Gasteiger partial charge < -0.3 is 15.2 Å². The lowest BCUT2D eigenvalue weighted by Crippen LogP contribution is -2.23. The van der Waals surface area contributed by atoms with E-state index >= 15 is 0 Å². The molecule has 2 aliphatic rings. The fraction of sp³-hybridized carbons (Fsp3) is 0.333. The Kier molecular flexibility index (Phi) is 8.09. The SMILES string of the molecule is Cc1cc(F)cc(C(=O)Nc2cc3c(cc2C(=O)O)N=C(C2CCC(COCc4ccccc4)CC2)[SH]3C)n1. The Balaban J connectivity index is 1.25. The molecule has 1 unspecified atom stereocenters. The number of rotatable bonds is 8. The van der Waals surface area contributed by atoms with Gasteiger partial charge in [-0.3, -0.25) is 4.79 Å². The fourth-order valence-electron chi connectivity index (χ4n) is 5.34. The van der Waals surface area contributed by atoms with Gasteiger partial charge >= 0.3 is 5.97 Å². The molecule has 0 spiro atoms. The van der Waals surface area contributed by atoms with Crippen LogP contribution < -0.4 is 5.32 Å². The van der Waals surface area contributed by atoms with Gasteiger partial charge in [0.25, 0.3) is 5.91 Å². The number of hydrogen-bond donors (Lipinski definition) is 3. The second kappa shape index (κ2) is 11.7. The van der Waals surface area contributed by atoms with Gasteiger partial charge in [-0.2, -0.15) is 10.9 Å². The summed E-state index contributed by atoms with van der Waals surface area (Å²) in [4.78, 5) is 34.8. The zero-order chi connectivity index (χ0) is 27.5. The lowest BCUT2D eigenvalue weighted by molar-refractivity contribution is 0.0698. The van der Waals surface area contributed by atoms with E-state index in [4.69, 9.17) is 9.73 Å². The van der Waals surface area contributed by atoms with E-state index in [9.17, 15) is 19.1 Å². The first-order chi connectivity index (χ1) is 18.8. The first kappa shape index (κ1) is 27.0. The van der Waals surface area contributed by atoms with E-state index in [0.717, 1.165) is 48.3 Å². The van der Waals surface area contributed by atoms with Crippen LogP contribution in [0.15, 0.2) is 64.5 Å². The third kappa shape index (κ3) is 6.20. The topological polar surface area (TPSA) is 101 Å². The highest BCUT2D eigenvalue weighted by molar-refractivity contribution is 8.30. The molecule has 1 aliphatic heterocycles. The van der Waals surface area contributed by atoms with Crippen LogP contribution in [0.3, 0.4) is 0 Å². The molecule has 3 aromatic rings. The molecule has 1 atom stereocenters. The maximum absolute atomic E-state index is 13.8. The van der Waals surface area contributed by atoms with Crippen LogP contribution in [0.2, 0.25) is 0 Å². The van der Waals surface area contributed by atoms with Crippen LogP contribution in [0.4, 0.5) is 15.8 Å². The number of thiol groups is 1. The Bertz CT molecular complexity index is 1400. The minimum Gasteiger partial charge on any atom is -0.478 e. The van der Waals surface area contributed by atoms with Gasteiger partial charge in [0.2, 0.25) is 0 Å². The van der Waals surface area contributed by atoms with Crippen LogP contribution in [-0.2, 0) is 11.3 Å². The van der Waals surface area contributed by atoms with Gasteiger partial charge in [0.15, 0.2) is 0 Å². The molecule has 0 bridgehead atoms. The molecule has 39 heavy (non-hydrogen) atoms. The Morgan fingerprint density at radius 3 is 2.54 bits per heavy atom. The van der Waals surface area contributed by atoms with E-state index < -0.39 is 28.6 Å². The van der Waals surface area contributed by atoms with Gasteiger partial charge in [0.1, 0.15) is 11.5 Å². The van der Waals surface area contributed by atoms with Gasteiger partial charge in [-0.25, -0.2) is 19.2 Å². The molecule has 1 saturated carbocycles. The van der Waals surface area contributed by atoms with E-state index in [1.165, 1.54) is 17.7 Å². The van der Waals surface area contributed by atoms with Crippen molar-refractivity contribution in [2.24, 2.45) is 16.8 Å². The molecule has 2 N–H and O–H groups in total. The normalized spacial score (nSPS) is 21.2. The summed E-state index contributed by atoms with van der Waals surface area (Å²) in [7, 11) is -0.761. The number of hydrogen-bond acceptors (Lipinski definition) is 5. The summed E-state index contributed by atoms with van der Waals surface area (Å²) in [6.07, 6.45) is 6.33. The number of carboxylic acids is 1. The van der Waals surface area contributed by atoms with Crippen molar-refractivity contribution in [1.82, 2.24) is 4.98 Å². The zero-order valence-corrected chi connectivity index (χ0v) is 22.9. The molecule has 9 heteroatoms. The van der Waals surface area contributed by atoms with E-state index in [0.29, 0.717) is 29.8 Å². The van der Waals surface area contributed by atoms with Gasteiger partial charge in [-0.15, -0.1) is 0 Å². The number of anilines is 1. The van der Waals surface area contributed by atoms with E-state index in [-0.39, 0.29) is 16.9 Å². The summed E-state index contributed by atoms with van der Waals surface area (Å²) in [6, 6.07) is 15.7. The summed E-state index contributed by atoms with van der Waals surface area (Å²) in [5, 5.41) is 13.6. The maximum atomic E-state index is 13.8. The molecule has 5 rings (SSSR count). The smallest absolute Gasteiger partial charge is 0.337 e.